The van der Waals surface area contributed by atoms with Gasteiger partial charge in [-0.25, -0.2) is 0 Å². The van der Waals surface area contributed by atoms with Crippen LogP contribution < -0.4 is 0 Å². The number of pyridine rings is 1. The number of nitrogens with zero attached hydrogens (tertiary/aromatic N) is 2. The zero-order chi connectivity index (χ0) is 17.8. The van der Waals surface area contributed by atoms with Crippen LogP contribution in [0.2, 0.25) is 0 Å². The molecule has 0 spiro atoms. The molecular formula is C19H14N2O4S. The van der Waals surface area contributed by atoms with Gasteiger partial charge in [0.05, 0.1) is 5.75 Å². The highest BCUT2D eigenvalue weighted by Crippen LogP contribution is 2.28. The lowest BCUT2D eigenvalue weighted by Gasteiger charge is -2.02. The fraction of sp³-hybridized carbons (Fsp3) is 0.105. The number of fused-ring (bicyclic) bond motifs is 1. The summed E-state index contributed by atoms with van der Waals surface area (Å²) in [7, 11) is 0. The molecule has 0 atom stereocenters. The predicted octanol–water partition coefficient (Wildman–Crippen LogP) is 4.32. The molecule has 0 aliphatic heterocycles. The van der Waals surface area contributed by atoms with Gasteiger partial charge in [0.2, 0.25) is 5.76 Å². The lowest BCUT2D eigenvalue weighted by molar-refractivity contribution is -0.141. The highest BCUT2D eigenvalue weighted by atomic mass is 32.2. The van der Waals surface area contributed by atoms with Gasteiger partial charge in [-0.2, -0.15) is 0 Å². The second-order valence-corrected chi connectivity index (χ2v) is 6.51. The topological polar surface area (TPSA) is 78.4 Å². The Balaban J connectivity index is 1.34. The number of benzene rings is 1. The average molecular weight is 366 g/mol. The van der Waals surface area contributed by atoms with Crippen LogP contribution in [-0.2, 0) is 16.1 Å². The van der Waals surface area contributed by atoms with Gasteiger partial charge in [-0.1, -0.05) is 23.4 Å². The summed E-state index contributed by atoms with van der Waals surface area (Å²) in [4.78, 5) is 16.7. The first-order valence-electron chi connectivity index (χ1n) is 7.91. The van der Waals surface area contributed by atoms with Gasteiger partial charge in [0.15, 0.2) is 5.76 Å². The smallest absolute Gasteiger partial charge is 0.316 e. The van der Waals surface area contributed by atoms with Crippen LogP contribution >= 0.6 is 11.8 Å². The third kappa shape index (κ3) is 3.78. The van der Waals surface area contributed by atoms with Crippen molar-refractivity contribution in [3.8, 4) is 11.5 Å². The molecule has 0 saturated heterocycles. The number of carbonyl (C=O) groups excluding carboxylic acids is 1. The van der Waals surface area contributed by atoms with Gasteiger partial charge in [-0.05, 0) is 24.3 Å². The average Bonchev–Trinajstić information content (AvgIpc) is 3.32. The van der Waals surface area contributed by atoms with Crippen molar-refractivity contribution in [1.29, 1.82) is 0 Å². The molecule has 0 saturated carbocycles. The van der Waals surface area contributed by atoms with Gasteiger partial charge in [0, 0.05) is 28.7 Å². The SMILES string of the molecule is O=C(CSc1ccncc1)OCc1cc(-c2cc3ccccc3o2)on1. The summed E-state index contributed by atoms with van der Waals surface area (Å²) < 4.78 is 16.3. The number of rotatable bonds is 6. The normalized spacial score (nSPS) is 10.9. The van der Waals surface area contributed by atoms with Gasteiger partial charge in [-0.3, -0.25) is 9.78 Å². The van der Waals surface area contributed by atoms with E-state index in [1.165, 1.54) is 11.8 Å². The van der Waals surface area contributed by atoms with E-state index in [0.717, 1.165) is 15.9 Å². The van der Waals surface area contributed by atoms with E-state index in [0.29, 0.717) is 17.2 Å². The summed E-state index contributed by atoms with van der Waals surface area (Å²) >= 11 is 1.39. The van der Waals surface area contributed by atoms with E-state index in [1.54, 1.807) is 18.5 Å². The lowest BCUT2D eigenvalue weighted by atomic mass is 10.2. The van der Waals surface area contributed by atoms with Crippen molar-refractivity contribution in [3.63, 3.8) is 0 Å². The molecule has 3 heterocycles. The Kier molecular flexibility index (Phi) is 4.70. The maximum absolute atomic E-state index is 11.8. The Labute approximate surface area is 153 Å². The van der Waals surface area contributed by atoms with Crippen molar-refractivity contribution in [2.45, 2.75) is 11.5 Å². The molecule has 130 valence electrons. The maximum atomic E-state index is 11.8. The number of carbonyl (C=O) groups is 1. The van der Waals surface area contributed by atoms with Crippen LogP contribution in [0.4, 0.5) is 0 Å². The molecule has 1 aromatic carbocycles. The second kappa shape index (κ2) is 7.45. The minimum absolute atomic E-state index is 0.0550. The second-order valence-electron chi connectivity index (χ2n) is 5.46. The first-order valence-corrected chi connectivity index (χ1v) is 8.89. The van der Waals surface area contributed by atoms with Gasteiger partial charge >= 0.3 is 5.97 Å². The molecule has 4 rings (SSSR count). The van der Waals surface area contributed by atoms with Crippen LogP contribution in [0.1, 0.15) is 5.69 Å². The Bertz CT molecular complexity index is 993. The molecule has 0 aliphatic rings. The van der Waals surface area contributed by atoms with Crippen LogP contribution in [0.15, 0.2) is 74.8 Å². The fourth-order valence-electron chi connectivity index (χ4n) is 2.37. The van der Waals surface area contributed by atoms with Gasteiger partial charge in [0.25, 0.3) is 0 Å². The molecule has 0 fully saturated rings. The summed E-state index contributed by atoms with van der Waals surface area (Å²) in [5, 5.41) is 4.91. The van der Waals surface area contributed by atoms with Crippen molar-refractivity contribution in [1.82, 2.24) is 10.1 Å². The predicted molar refractivity (Wildman–Crippen MR) is 96.5 cm³/mol. The summed E-state index contributed by atoms with van der Waals surface area (Å²) in [6.45, 7) is 0.0550. The third-order valence-electron chi connectivity index (χ3n) is 3.61. The Morgan fingerprint density at radius 1 is 1.08 bits per heavy atom. The number of thioether (sulfide) groups is 1. The number of hydrogen-bond donors (Lipinski definition) is 0. The molecule has 26 heavy (non-hydrogen) atoms. The van der Waals surface area contributed by atoms with Crippen LogP contribution in [0.25, 0.3) is 22.5 Å². The fourth-order valence-corrected chi connectivity index (χ4v) is 3.05. The number of esters is 1. The van der Waals surface area contributed by atoms with Crippen molar-refractivity contribution < 1.29 is 18.5 Å². The first kappa shape index (κ1) is 16.4. The number of hydrogen-bond acceptors (Lipinski definition) is 7. The molecule has 0 N–H and O–H groups in total. The molecule has 6 nitrogen and oxygen atoms in total. The number of para-hydroxylation sites is 1. The Hall–Kier alpha value is -3.06. The molecule has 0 bridgehead atoms. The van der Waals surface area contributed by atoms with E-state index in [9.17, 15) is 4.79 Å². The quantitative estimate of drug-likeness (QED) is 0.371. The largest absolute Gasteiger partial charge is 0.458 e. The zero-order valence-corrected chi connectivity index (χ0v) is 14.4. The minimum Gasteiger partial charge on any atom is -0.458 e. The molecule has 0 amide bonds. The summed E-state index contributed by atoms with van der Waals surface area (Å²) in [5.74, 6) is 0.987. The molecule has 7 heteroatoms. The molecule has 0 radical (unpaired) electrons. The Morgan fingerprint density at radius 2 is 1.92 bits per heavy atom. The number of furan rings is 1. The van der Waals surface area contributed by atoms with Crippen molar-refractivity contribution >= 4 is 28.7 Å². The molecule has 3 aromatic heterocycles. The van der Waals surface area contributed by atoms with E-state index in [1.807, 2.05) is 42.5 Å². The highest BCUT2D eigenvalue weighted by molar-refractivity contribution is 8.00. The van der Waals surface area contributed by atoms with Crippen molar-refractivity contribution in [2.75, 3.05) is 5.75 Å². The van der Waals surface area contributed by atoms with E-state index >= 15 is 0 Å². The molecular weight excluding hydrogens is 352 g/mol. The van der Waals surface area contributed by atoms with Crippen LogP contribution in [0.3, 0.4) is 0 Å². The van der Waals surface area contributed by atoms with E-state index in [-0.39, 0.29) is 18.3 Å². The van der Waals surface area contributed by atoms with Crippen LogP contribution in [0, 0.1) is 0 Å². The monoisotopic (exact) mass is 366 g/mol. The lowest BCUT2D eigenvalue weighted by Crippen LogP contribution is -2.07. The maximum Gasteiger partial charge on any atom is 0.316 e. The van der Waals surface area contributed by atoms with Crippen LogP contribution in [-0.4, -0.2) is 21.9 Å². The van der Waals surface area contributed by atoms with E-state index < -0.39 is 0 Å². The summed E-state index contributed by atoms with van der Waals surface area (Å²) in [6, 6.07) is 15.0. The van der Waals surface area contributed by atoms with Crippen LogP contribution in [0.5, 0.6) is 0 Å². The first-order chi connectivity index (χ1) is 12.8. The van der Waals surface area contributed by atoms with E-state index in [2.05, 4.69) is 10.1 Å². The summed E-state index contributed by atoms with van der Waals surface area (Å²) in [5.41, 5.74) is 1.31. The van der Waals surface area contributed by atoms with Gasteiger partial charge < -0.3 is 13.7 Å². The zero-order valence-electron chi connectivity index (χ0n) is 13.6. The minimum atomic E-state index is -0.319. The molecule has 0 aliphatic carbocycles. The van der Waals surface area contributed by atoms with E-state index in [4.69, 9.17) is 13.7 Å². The summed E-state index contributed by atoms with van der Waals surface area (Å²) in [6.07, 6.45) is 3.37. The van der Waals surface area contributed by atoms with Gasteiger partial charge in [-0.15, -0.1) is 11.8 Å². The standard InChI is InChI=1S/C19H14N2O4S/c22-19(12-26-15-5-7-20-8-6-15)23-11-14-10-18(25-21-14)17-9-13-3-1-2-4-16(13)24-17/h1-10H,11-12H2. The highest BCUT2D eigenvalue weighted by Gasteiger charge is 2.13. The number of ether oxygens (including phenoxy) is 1. The molecule has 0 unspecified atom stereocenters. The van der Waals surface area contributed by atoms with Gasteiger partial charge in [0.1, 0.15) is 17.9 Å². The molecule has 4 aromatic rings. The van der Waals surface area contributed by atoms with Crippen molar-refractivity contribution in [3.05, 3.63) is 66.6 Å². The third-order valence-corrected chi connectivity index (χ3v) is 4.60. The Morgan fingerprint density at radius 3 is 2.77 bits per heavy atom. The number of aromatic nitrogens is 2. The van der Waals surface area contributed by atoms with Crippen molar-refractivity contribution in [2.24, 2.45) is 0 Å².